The minimum atomic E-state index is -0.140. The van der Waals surface area contributed by atoms with Crippen molar-refractivity contribution < 1.29 is 9.50 Å². The lowest BCUT2D eigenvalue weighted by atomic mass is 10.00. The number of hydrogen-bond acceptors (Lipinski definition) is 2. The summed E-state index contributed by atoms with van der Waals surface area (Å²) in [4.78, 5) is 2.32. The van der Waals surface area contributed by atoms with E-state index in [9.17, 15) is 4.39 Å². The summed E-state index contributed by atoms with van der Waals surface area (Å²) in [6, 6.07) is 5.37. The second kappa shape index (κ2) is 6.30. The Morgan fingerprint density at radius 1 is 1.28 bits per heavy atom. The first-order valence-electron chi connectivity index (χ1n) is 6.82. The van der Waals surface area contributed by atoms with Gasteiger partial charge in [-0.3, -0.25) is 4.90 Å². The van der Waals surface area contributed by atoms with Crippen LogP contribution in [0, 0.1) is 5.82 Å². The van der Waals surface area contributed by atoms with E-state index in [1.165, 1.54) is 19.3 Å². The van der Waals surface area contributed by atoms with E-state index in [0.29, 0.717) is 6.54 Å². The Hall–Kier alpha value is -0.930. The molecule has 1 aliphatic heterocycles. The van der Waals surface area contributed by atoms with Crippen molar-refractivity contribution in [2.45, 2.75) is 38.6 Å². The molecule has 0 saturated carbocycles. The Bertz CT molecular complexity index is 388. The van der Waals surface area contributed by atoms with Gasteiger partial charge >= 0.3 is 0 Å². The highest BCUT2D eigenvalue weighted by atomic mass is 19.1. The van der Waals surface area contributed by atoms with Crippen LogP contribution in [0.1, 0.15) is 43.2 Å². The summed E-state index contributed by atoms with van der Waals surface area (Å²) in [6.07, 6.45) is 3.74. The van der Waals surface area contributed by atoms with E-state index < -0.39 is 0 Å². The molecule has 1 aliphatic rings. The molecule has 1 aromatic rings. The van der Waals surface area contributed by atoms with Gasteiger partial charge in [0.1, 0.15) is 5.82 Å². The van der Waals surface area contributed by atoms with Gasteiger partial charge in [-0.05, 0) is 37.6 Å². The third kappa shape index (κ3) is 3.30. The number of rotatable bonds is 4. The van der Waals surface area contributed by atoms with Gasteiger partial charge in [0.2, 0.25) is 0 Å². The molecule has 1 atom stereocenters. The van der Waals surface area contributed by atoms with E-state index in [2.05, 4.69) is 4.90 Å². The van der Waals surface area contributed by atoms with E-state index in [1.54, 1.807) is 6.07 Å². The molecular weight excluding hydrogens is 229 g/mol. The third-order valence-corrected chi connectivity index (χ3v) is 3.76. The van der Waals surface area contributed by atoms with Gasteiger partial charge in [-0.1, -0.05) is 25.5 Å². The van der Waals surface area contributed by atoms with Gasteiger partial charge in [-0.2, -0.15) is 0 Å². The number of aliphatic hydroxyl groups excluding tert-OH is 1. The number of hydrogen-bond donors (Lipinski definition) is 1. The van der Waals surface area contributed by atoms with Gasteiger partial charge in [0, 0.05) is 24.6 Å². The third-order valence-electron chi connectivity index (χ3n) is 3.76. The Labute approximate surface area is 108 Å². The highest BCUT2D eigenvalue weighted by Gasteiger charge is 2.14. The quantitative estimate of drug-likeness (QED) is 0.889. The molecule has 3 heteroatoms. The first-order chi connectivity index (χ1) is 8.70. The molecule has 100 valence electrons. The average Bonchev–Trinajstić information content (AvgIpc) is 2.41. The Morgan fingerprint density at radius 2 is 2.00 bits per heavy atom. The second-order valence-electron chi connectivity index (χ2n) is 5.27. The monoisotopic (exact) mass is 251 g/mol. The standard InChI is InChI=1S/C15H22FNO/c1-12(11-18)13-5-6-14(15(16)9-13)10-17-7-3-2-4-8-17/h5-6,9,12,18H,2-4,7-8,10-11H2,1H3. The van der Waals surface area contributed by atoms with Gasteiger partial charge in [-0.25, -0.2) is 4.39 Å². The molecule has 0 aliphatic carbocycles. The first-order valence-corrected chi connectivity index (χ1v) is 6.82. The van der Waals surface area contributed by atoms with E-state index in [0.717, 1.165) is 24.2 Å². The van der Waals surface area contributed by atoms with Crippen LogP contribution in [-0.2, 0) is 6.54 Å². The smallest absolute Gasteiger partial charge is 0.127 e. The normalized spacial score (nSPS) is 18.8. The topological polar surface area (TPSA) is 23.5 Å². The summed E-state index contributed by atoms with van der Waals surface area (Å²) in [5, 5.41) is 9.08. The van der Waals surface area contributed by atoms with Gasteiger partial charge in [-0.15, -0.1) is 0 Å². The first kappa shape index (κ1) is 13.5. The van der Waals surface area contributed by atoms with Crippen LogP contribution in [0.25, 0.3) is 0 Å². The lowest BCUT2D eigenvalue weighted by molar-refractivity contribution is 0.218. The van der Waals surface area contributed by atoms with Crippen LogP contribution in [0.3, 0.4) is 0 Å². The van der Waals surface area contributed by atoms with Crippen molar-refractivity contribution in [2.24, 2.45) is 0 Å². The van der Waals surface area contributed by atoms with Crippen LogP contribution >= 0.6 is 0 Å². The van der Waals surface area contributed by atoms with Crippen LogP contribution in [0.2, 0.25) is 0 Å². The van der Waals surface area contributed by atoms with Crippen molar-refractivity contribution in [1.29, 1.82) is 0 Å². The zero-order valence-electron chi connectivity index (χ0n) is 11.0. The summed E-state index contributed by atoms with van der Waals surface area (Å²) in [5.41, 5.74) is 1.64. The maximum Gasteiger partial charge on any atom is 0.127 e. The zero-order valence-corrected chi connectivity index (χ0v) is 11.0. The maximum absolute atomic E-state index is 14.0. The molecule has 18 heavy (non-hydrogen) atoms. The van der Waals surface area contributed by atoms with E-state index >= 15 is 0 Å². The number of benzene rings is 1. The molecule has 1 aromatic carbocycles. The molecule has 0 radical (unpaired) electrons. The number of halogens is 1. The number of nitrogens with zero attached hydrogens (tertiary/aromatic N) is 1. The van der Waals surface area contributed by atoms with Crippen LogP contribution < -0.4 is 0 Å². The molecule has 1 unspecified atom stereocenters. The Morgan fingerprint density at radius 3 is 2.61 bits per heavy atom. The predicted octanol–water partition coefficient (Wildman–Crippen LogP) is 2.91. The van der Waals surface area contributed by atoms with Gasteiger partial charge in [0.25, 0.3) is 0 Å². The molecule has 0 aromatic heterocycles. The van der Waals surface area contributed by atoms with Crippen molar-refractivity contribution >= 4 is 0 Å². The Balaban J connectivity index is 2.04. The second-order valence-corrected chi connectivity index (χ2v) is 5.27. The zero-order chi connectivity index (χ0) is 13.0. The predicted molar refractivity (Wildman–Crippen MR) is 71.0 cm³/mol. The van der Waals surface area contributed by atoms with Crippen molar-refractivity contribution in [3.8, 4) is 0 Å². The van der Waals surface area contributed by atoms with Crippen LogP contribution in [0.5, 0.6) is 0 Å². The van der Waals surface area contributed by atoms with Gasteiger partial charge < -0.3 is 5.11 Å². The fourth-order valence-corrected chi connectivity index (χ4v) is 2.46. The van der Waals surface area contributed by atoms with Crippen molar-refractivity contribution in [1.82, 2.24) is 4.90 Å². The minimum absolute atomic E-state index is 0.00327. The highest BCUT2D eigenvalue weighted by Crippen LogP contribution is 2.20. The lowest BCUT2D eigenvalue weighted by Crippen LogP contribution is -2.29. The fraction of sp³-hybridized carbons (Fsp3) is 0.600. The summed E-state index contributed by atoms with van der Waals surface area (Å²) >= 11 is 0. The Kier molecular flexibility index (Phi) is 4.72. The highest BCUT2D eigenvalue weighted by molar-refractivity contribution is 5.26. The maximum atomic E-state index is 14.0. The number of likely N-dealkylation sites (tertiary alicyclic amines) is 1. The number of aliphatic hydroxyl groups is 1. The fourth-order valence-electron chi connectivity index (χ4n) is 2.46. The molecule has 0 amide bonds. The molecule has 1 saturated heterocycles. The summed E-state index contributed by atoms with van der Waals surface area (Å²) in [5.74, 6) is -0.137. The lowest BCUT2D eigenvalue weighted by Gasteiger charge is -2.26. The van der Waals surface area contributed by atoms with Crippen molar-refractivity contribution in [3.05, 3.63) is 35.1 Å². The summed E-state index contributed by atoms with van der Waals surface area (Å²) < 4.78 is 14.0. The van der Waals surface area contributed by atoms with Crippen LogP contribution in [0.4, 0.5) is 4.39 Å². The summed E-state index contributed by atoms with van der Waals surface area (Å²) in [6.45, 7) is 4.83. The average molecular weight is 251 g/mol. The van der Waals surface area contributed by atoms with Crippen LogP contribution in [-0.4, -0.2) is 29.7 Å². The van der Waals surface area contributed by atoms with E-state index in [1.807, 2.05) is 19.1 Å². The van der Waals surface area contributed by atoms with Crippen LogP contribution in [0.15, 0.2) is 18.2 Å². The molecule has 1 fully saturated rings. The molecule has 2 rings (SSSR count). The van der Waals surface area contributed by atoms with Gasteiger partial charge in [0.15, 0.2) is 0 Å². The molecule has 2 nitrogen and oxygen atoms in total. The largest absolute Gasteiger partial charge is 0.396 e. The number of piperidine rings is 1. The summed E-state index contributed by atoms with van der Waals surface area (Å²) in [7, 11) is 0. The molecule has 1 N–H and O–H groups in total. The van der Waals surface area contributed by atoms with E-state index in [4.69, 9.17) is 5.11 Å². The molecule has 0 spiro atoms. The van der Waals surface area contributed by atoms with Crippen molar-refractivity contribution in [2.75, 3.05) is 19.7 Å². The molecular formula is C15H22FNO. The minimum Gasteiger partial charge on any atom is -0.396 e. The van der Waals surface area contributed by atoms with Gasteiger partial charge in [0.05, 0.1) is 0 Å². The van der Waals surface area contributed by atoms with Crippen molar-refractivity contribution in [3.63, 3.8) is 0 Å². The molecule has 1 heterocycles. The molecule has 0 bridgehead atoms. The van der Waals surface area contributed by atoms with E-state index in [-0.39, 0.29) is 18.3 Å². The SMILES string of the molecule is CC(CO)c1ccc(CN2CCCCC2)c(F)c1.